The number of benzene rings is 2. The topological polar surface area (TPSA) is 79.0 Å². The van der Waals surface area contributed by atoms with Crippen molar-refractivity contribution < 1.29 is 23.5 Å². The highest BCUT2D eigenvalue weighted by Crippen LogP contribution is 2.50. The van der Waals surface area contributed by atoms with E-state index in [9.17, 15) is 18.8 Å². The van der Waals surface area contributed by atoms with Crippen LogP contribution in [0.25, 0.3) is 0 Å². The van der Waals surface area contributed by atoms with Gasteiger partial charge in [0.25, 0.3) is 5.91 Å². The SMILES string of the molecule is COc1ccc(F)c(C(=O)N[C@@H](C(=O)N2CCC3(CC2)C(=O)N(C)CC3c2ccccc2)C(C)C)c1. The highest BCUT2D eigenvalue weighted by molar-refractivity contribution is 5.98. The third-order valence-corrected chi connectivity index (χ3v) is 7.70. The van der Waals surface area contributed by atoms with E-state index in [1.54, 1.807) is 9.80 Å². The fraction of sp³-hybridized carbons (Fsp3) is 0.464. The van der Waals surface area contributed by atoms with E-state index < -0.39 is 23.2 Å². The zero-order valence-corrected chi connectivity index (χ0v) is 21.3. The molecule has 192 valence electrons. The minimum Gasteiger partial charge on any atom is -0.497 e. The molecule has 2 aliphatic rings. The Hall–Kier alpha value is -3.42. The first-order valence-corrected chi connectivity index (χ1v) is 12.4. The smallest absolute Gasteiger partial charge is 0.255 e. The Bertz CT molecular complexity index is 1130. The summed E-state index contributed by atoms with van der Waals surface area (Å²) in [7, 11) is 3.28. The molecule has 2 aromatic carbocycles. The van der Waals surface area contributed by atoms with Crippen molar-refractivity contribution in [3.63, 3.8) is 0 Å². The maximum absolute atomic E-state index is 14.3. The minimum atomic E-state index is -0.816. The Morgan fingerprint density at radius 2 is 1.78 bits per heavy atom. The van der Waals surface area contributed by atoms with Crippen molar-refractivity contribution in [2.24, 2.45) is 11.3 Å². The van der Waals surface area contributed by atoms with Crippen LogP contribution >= 0.6 is 0 Å². The van der Waals surface area contributed by atoms with Crippen LogP contribution in [0.5, 0.6) is 5.75 Å². The number of hydrogen-bond acceptors (Lipinski definition) is 4. The van der Waals surface area contributed by atoms with Gasteiger partial charge in [0.2, 0.25) is 11.8 Å². The number of nitrogens with one attached hydrogen (secondary N) is 1. The zero-order chi connectivity index (χ0) is 26.0. The van der Waals surface area contributed by atoms with E-state index in [4.69, 9.17) is 4.74 Å². The van der Waals surface area contributed by atoms with Gasteiger partial charge in [-0.05, 0) is 42.5 Å². The Morgan fingerprint density at radius 3 is 2.39 bits per heavy atom. The summed E-state index contributed by atoms with van der Waals surface area (Å²) in [6.45, 7) is 5.20. The monoisotopic (exact) mass is 495 g/mol. The zero-order valence-electron chi connectivity index (χ0n) is 21.3. The number of hydrogen-bond donors (Lipinski definition) is 1. The predicted octanol–water partition coefficient (Wildman–Crippen LogP) is 3.45. The van der Waals surface area contributed by atoms with Crippen LogP contribution in [0, 0.1) is 17.2 Å². The highest BCUT2D eigenvalue weighted by atomic mass is 19.1. The first-order valence-electron chi connectivity index (χ1n) is 12.4. The summed E-state index contributed by atoms with van der Waals surface area (Å²) in [6, 6.07) is 13.2. The second kappa shape index (κ2) is 10.3. The summed E-state index contributed by atoms with van der Waals surface area (Å²) in [6.07, 6.45) is 1.12. The molecule has 0 aliphatic carbocycles. The quantitative estimate of drug-likeness (QED) is 0.666. The van der Waals surface area contributed by atoms with Crippen LogP contribution in [0.2, 0.25) is 0 Å². The Kier molecular flexibility index (Phi) is 7.33. The molecule has 0 saturated carbocycles. The molecule has 1 unspecified atom stereocenters. The first kappa shape index (κ1) is 25.7. The number of rotatable bonds is 6. The van der Waals surface area contributed by atoms with E-state index >= 15 is 0 Å². The normalized spacial score (nSPS) is 20.1. The van der Waals surface area contributed by atoms with Gasteiger partial charge >= 0.3 is 0 Å². The number of halogens is 1. The predicted molar refractivity (Wildman–Crippen MR) is 134 cm³/mol. The number of likely N-dealkylation sites (N-methyl/N-ethyl adjacent to an activating group) is 1. The molecule has 1 spiro atoms. The molecular formula is C28H34FN3O4. The summed E-state index contributed by atoms with van der Waals surface area (Å²) >= 11 is 0. The Labute approximate surface area is 211 Å². The lowest BCUT2D eigenvalue weighted by Crippen LogP contribution is -2.55. The molecule has 2 aromatic rings. The molecule has 0 aromatic heterocycles. The molecule has 0 bridgehead atoms. The van der Waals surface area contributed by atoms with Gasteiger partial charge in [0.05, 0.1) is 18.1 Å². The standard InChI is InChI=1S/C28H34FN3O4/c1-18(2)24(30-25(33)21-16-20(36-4)10-11-23(21)29)26(34)32-14-12-28(13-15-32)22(17-31(3)27(28)35)19-8-6-5-7-9-19/h5-11,16,18,22,24H,12-15,17H2,1-4H3,(H,30,33)/t22?,24-/m1/s1. The van der Waals surface area contributed by atoms with Crippen LogP contribution in [0.4, 0.5) is 4.39 Å². The number of amides is 3. The second-order valence-electron chi connectivity index (χ2n) is 10.2. The minimum absolute atomic E-state index is 0.0742. The maximum atomic E-state index is 14.3. The lowest BCUT2D eigenvalue weighted by Gasteiger charge is -2.42. The van der Waals surface area contributed by atoms with Crippen molar-refractivity contribution in [3.05, 3.63) is 65.5 Å². The van der Waals surface area contributed by atoms with Crippen molar-refractivity contribution in [2.75, 3.05) is 33.8 Å². The molecule has 2 atom stereocenters. The van der Waals surface area contributed by atoms with Crippen molar-refractivity contribution in [1.29, 1.82) is 0 Å². The fourth-order valence-corrected chi connectivity index (χ4v) is 5.59. The molecule has 1 N–H and O–H groups in total. The van der Waals surface area contributed by atoms with Gasteiger partial charge in [-0.25, -0.2) is 4.39 Å². The van der Waals surface area contributed by atoms with E-state index in [-0.39, 0.29) is 29.2 Å². The molecule has 2 fully saturated rings. The first-order chi connectivity index (χ1) is 17.2. The van der Waals surface area contributed by atoms with E-state index in [1.165, 1.54) is 25.3 Å². The third kappa shape index (κ3) is 4.68. The molecule has 4 rings (SSSR count). The molecule has 2 saturated heterocycles. The maximum Gasteiger partial charge on any atom is 0.255 e. The van der Waals surface area contributed by atoms with Gasteiger partial charge in [-0.1, -0.05) is 44.2 Å². The van der Waals surface area contributed by atoms with Gasteiger partial charge < -0.3 is 19.9 Å². The summed E-state index contributed by atoms with van der Waals surface area (Å²) in [5.74, 6) is -1.21. The molecule has 0 radical (unpaired) electrons. The van der Waals surface area contributed by atoms with Crippen molar-refractivity contribution in [2.45, 2.75) is 38.6 Å². The largest absolute Gasteiger partial charge is 0.497 e. The molecule has 7 nitrogen and oxygen atoms in total. The van der Waals surface area contributed by atoms with Gasteiger partial charge in [-0.3, -0.25) is 14.4 Å². The summed E-state index contributed by atoms with van der Waals surface area (Å²) in [4.78, 5) is 43.2. The number of ether oxygens (including phenoxy) is 1. The van der Waals surface area contributed by atoms with Gasteiger partial charge in [-0.2, -0.15) is 0 Å². The lowest BCUT2D eigenvalue weighted by molar-refractivity contribution is -0.143. The van der Waals surface area contributed by atoms with Crippen LogP contribution in [-0.4, -0.2) is 67.4 Å². The number of piperidine rings is 1. The highest BCUT2D eigenvalue weighted by Gasteiger charge is 2.54. The summed E-state index contributed by atoms with van der Waals surface area (Å²) in [5.41, 5.74) is 0.436. The van der Waals surface area contributed by atoms with E-state index in [2.05, 4.69) is 17.4 Å². The van der Waals surface area contributed by atoms with Crippen LogP contribution < -0.4 is 10.1 Å². The fourth-order valence-electron chi connectivity index (χ4n) is 5.59. The van der Waals surface area contributed by atoms with E-state index in [0.717, 1.165) is 5.56 Å². The van der Waals surface area contributed by atoms with E-state index in [1.807, 2.05) is 39.1 Å². The van der Waals surface area contributed by atoms with Crippen LogP contribution in [-0.2, 0) is 9.59 Å². The molecule has 2 heterocycles. The molecular weight excluding hydrogens is 461 g/mol. The number of methoxy groups -OCH3 is 1. The van der Waals surface area contributed by atoms with Crippen LogP contribution in [0.15, 0.2) is 48.5 Å². The van der Waals surface area contributed by atoms with Crippen LogP contribution in [0.1, 0.15) is 48.5 Å². The van der Waals surface area contributed by atoms with Gasteiger partial charge in [0.1, 0.15) is 17.6 Å². The molecule has 3 amide bonds. The van der Waals surface area contributed by atoms with Gasteiger partial charge in [0.15, 0.2) is 0 Å². The number of carbonyl (C=O) groups is 3. The average molecular weight is 496 g/mol. The van der Waals surface area contributed by atoms with Crippen molar-refractivity contribution in [3.8, 4) is 5.75 Å². The molecule has 8 heteroatoms. The number of nitrogens with zero attached hydrogens (tertiary/aromatic N) is 2. The Morgan fingerprint density at radius 1 is 1.11 bits per heavy atom. The molecule has 2 aliphatic heterocycles. The Balaban J connectivity index is 1.49. The van der Waals surface area contributed by atoms with Gasteiger partial charge in [0, 0.05) is 32.6 Å². The third-order valence-electron chi connectivity index (χ3n) is 7.70. The summed E-state index contributed by atoms with van der Waals surface area (Å²) in [5, 5.41) is 2.73. The van der Waals surface area contributed by atoms with Crippen molar-refractivity contribution >= 4 is 17.7 Å². The second-order valence-corrected chi connectivity index (χ2v) is 10.2. The molecule has 36 heavy (non-hydrogen) atoms. The van der Waals surface area contributed by atoms with Gasteiger partial charge in [-0.15, -0.1) is 0 Å². The number of carbonyl (C=O) groups excluding carboxylic acids is 3. The van der Waals surface area contributed by atoms with Crippen LogP contribution in [0.3, 0.4) is 0 Å². The number of likely N-dealkylation sites (tertiary alicyclic amines) is 2. The average Bonchev–Trinajstić information content (AvgIpc) is 3.12. The lowest BCUT2D eigenvalue weighted by atomic mass is 9.68. The van der Waals surface area contributed by atoms with Crippen molar-refractivity contribution in [1.82, 2.24) is 15.1 Å². The summed E-state index contributed by atoms with van der Waals surface area (Å²) < 4.78 is 19.4. The van der Waals surface area contributed by atoms with E-state index in [0.29, 0.717) is 38.2 Å².